The van der Waals surface area contributed by atoms with Gasteiger partial charge in [-0.3, -0.25) is 0 Å². The summed E-state index contributed by atoms with van der Waals surface area (Å²) in [7, 11) is 0. The molecule has 0 unspecified atom stereocenters. The van der Waals surface area contributed by atoms with E-state index in [-0.39, 0.29) is 5.97 Å². The molecule has 6 heteroatoms. The first kappa shape index (κ1) is 29.8. The summed E-state index contributed by atoms with van der Waals surface area (Å²) in [5.74, 6) is 1.30. The summed E-state index contributed by atoms with van der Waals surface area (Å²) in [6.07, 6.45) is 8.35. The summed E-state index contributed by atoms with van der Waals surface area (Å²) in [6, 6.07) is 18.5. The van der Waals surface area contributed by atoms with Crippen molar-refractivity contribution in [2.75, 3.05) is 19.8 Å². The highest BCUT2D eigenvalue weighted by atomic mass is 16.5. The van der Waals surface area contributed by atoms with Crippen molar-refractivity contribution in [3.8, 4) is 17.2 Å². The lowest BCUT2D eigenvalue weighted by Gasteiger charge is -2.09. The summed E-state index contributed by atoms with van der Waals surface area (Å²) in [4.78, 5) is 24.0. The first-order chi connectivity index (χ1) is 19.0. The van der Waals surface area contributed by atoms with Crippen LogP contribution in [0.15, 0.2) is 72.8 Å². The van der Waals surface area contributed by atoms with Crippen LogP contribution in [-0.2, 0) is 9.53 Å². The lowest BCUT2D eigenvalue weighted by molar-refractivity contribution is -0.139. The maximum atomic E-state index is 12.7. The molecule has 0 aromatic heterocycles. The van der Waals surface area contributed by atoms with Crippen molar-refractivity contribution in [1.29, 1.82) is 0 Å². The van der Waals surface area contributed by atoms with E-state index in [0.717, 1.165) is 55.2 Å². The Kier molecular flexibility index (Phi) is 12.4. The number of carbonyl (C=O) groups excluding carboxylic acids is 2. The Morgan fingerprint density at radius 2 is 1.21 bits per heavy atom. The monoisotopic (exact) mass is 532 g/mol. The van der Waals surface area contributed by atoms with E-state index in [4.69, 9.17) is 18.9 Å². The molecule has 0 radical (unpaired) electrons. The second-order valence-corrected chi connectivity index (χ2v) is 9.67. The number of esters is 2. The van der Waals surface area contributed by atoms with Gasteiger partial charge in [-0.15, -0.1) is 0 Å². The second-order valence-electron chi connectivity index (χ2n) is 9.67. The fraction of sp³-hybridized carbons (Fsp3) is 0.394. The van der Waals surface area contributed by atoms with Crippen LogP contribution < -0.4 is 14.2 Å². The molecule has 0 aliphatic heterocycles. The molecule has 208 valence electrons. The average Bonchev–Trinajstić information content (AvgIpc) is 2.94. The molecule has 0 heterocycles. The topological polar surface area (TPSA) is 71.1 Å². The van der Waals surface area contributed by atoms with Crippen LogP contribution in [0.3, 0.4) is 0 Å². The van der Waals surface area contributed by atoms with Crippen LogP contribution in [0, 0.1) is 0 Å². The third kappa shape index (κ3) is 10.5. The lowest BCUT2D eigenvalue weighted by Crippen LogP contribution is -2.08. The quantitative estimate of drug-likeness (QED) is 0.0757. The summed E-state index contributed by atoms with van der Waals surface area (Å²) in [5, 5.41) is 2.02. The maximum absolute atomic E-state index is 12.7. The summed E-state index contributed by atoms with van der Waals surface area (Å²) < 4.78 is 22.3. The lowest BCUT2D eigenvalue weighted by atomic mass is 10.1. The first-order valence-electron chi connectivity index (χ1n) is 13.9. The van der Waals surface area contributed by atoms with Crippen molar-refractivity contribution >= 4 is 22.7 Å². The Hall–Kier alpha value is -3.80. The van der Waals surface area contributed by atoms with E-state index in [0.29, 0.717) is 35.8 Å². The second kappa shape index (κ2) is 16.2. The van der Waals surface area contributed by atoms with E-state index in [1.807, 2.05) is 30.3 Å². The number of unbranched alkanes of at least 4 members (excludes halogenated alkanes) is 6. The van der Waals surface area contributed by atoms with E-state index in [1.54, 1.807) is 37.3 Å². The molecule has 3 aromatic rings. The van der Waals surface area contributed by atoms with Crippen molar-refractivity contribution in [1.82, 2.24) is 0 Å². The van der Waals surface area contributed by atoms with Gasteiger partial charge in [-0.25, -0.2) is 9.59 Å². The highest BCUT2D eigenvalue weighted by molar-refractivity contribution is 5.92. The molecule has 0 aliphatic carbocycles. The van der Waals surface area contributed by atoms with Gasteiger partial charge < -0.3 is 18.9 Å². The van der Waals surface area contributed by atoms with E-state index in [1.165, 1.54) is 19.3 Å². The smallest absolute Gasteiger partial charge is 0.343 e. The SMILES string of the molecule is C=C(C)C(=O)OCCCCCCOc1ccc(C(=O)Oc2ccc3cc(OCCCCCC)ccc3c2)cc1. The normalized spacial score (nSPS) is 10.7. The zero-order valence-electron chi connectivity index (χ0n) is 23.2. The minimum absolute atomic E-state index is 0.337. The zero-order chi connectivity index (χ0) is 27.9. The van der Waals surface area contributed by atoms with Gasteiger partial charge in [-0.2, -0.15) is 0 Å². The van der Waals surface area contributed by atoms with Gasteiger partial charge in [0.05, 0.1) is 25.4 Å². The van der Waals surface area contributed by atoms with Gasteiger partial charge in [0.1, 0.15) is 17.2 Å². The Bertz CT molecular complexity index is 1210. The van der Waals surface area contributed by atoms with Gasteiger partial charge in [0, 0.05) is 5.57 Å². The van der Waals surface area contributed by atoms with Gasteiger partial charge in [-0.1, -0.05) is 44.9 Å². The van der Waals surface area contributed by atoms with Crippen molar-refractivity contribution in [3.63, 3.8) is 0 Å². The molecule has 0 fully saturated rings. The number of fused-ring (bicyclic) bond motifs is 1. The van der Waals surface area contributed by atoms with Gasteiger partial charge in [0.2, 0.25) is 0 Å². The van der Waals surface area contributed by atoms with Crippen LogP contribution in [-0.4, -0.2) is 31.8 Å². The highest BCUT2D eigenvalue weighted by Gasteiger charge is 2.10. The molecule has 3 aromatic carbocycles. The molecule has 0 N–H and O–H groups in total. The molecule has 0 bridgehead atoms. The summed E-state index contributed by atoms with van der Waals surface area (Å²) in [5.41, 5.74) is 0.878. The van der Waals surface area contributed by atoms with Crippen LogP contribution in [0.5, 0.6) is 17.2 Å². The molecule has 6 nitrogen and oxygen atoms in total. The van der Waals surface area contributed by atoms with Crippen LogP contribution in [0.2, 0.25) is 0 Å². The third-order valence-electron chi connectivity index (χ3n) is 6.24. The van der Waals surface area contributed by atoms with Crippen LogP contribution >= 0.6 is 0 Å². The molecule has 0 aliphatic rings. The molecule has 0 saturated heterocycles. The number of rotatable bonds is 17. The molecule has 39 heavy (non-hydrogen) atoms. The Morgan fingerprint density at radius 1 is 0.667 bits per heavy atom. The van der Waals surface area contributed by atoms with Crippen molar-refractivity contribution in [2.45, 2.75) is 65.2 Å². The highest BCUT2D eigenvalue weighted by Crippen LogP contribution is 2.26. The first-order valence-corrected chi connectivity index (χ1v) is 13.9. The van der Waals surface area contributed by atoms with E-state index in [2.05, 4.69) is 13.5 Å². The fourth-order valence-corrected chi connectivity index (χ4v) is 3.96. The predicted molar refractivity (Wildman–Crippen MR) is 155 cm³/mol. The van der Waals surface area contributed by atoms with Crippen LogP contribution in [0.4, 0.5) is 0 Å². The largest absolute Gasteiger partial charge is 0.494 e. The Morgan fingerprint density at radius 3 is 1.85 bits per heavy atom. The van der Waals surface area contributed by atoms with Gasteiger partial charge in [0.15, 0.2) is 0 Å². The summed E-state index contributed by atoms with van der Waals surface area (Å²) in [6.45, 7) is 9.12. The van der Waals surface area contributed by atoms with Crippen molar-refractivity contribution in [2.24, 2.45) is 0 Å². The molecule has 0 amide bonds. The molecule has 3 rings (SSSR count). The standard InChI is InChI=1S/C33H40O6/c1-4-5-6-9-21-37-30-18-14-28-24-31(19-15-27(28)23-30)39-33(35)26-12-16-29(17-13-26)36-20-10-7-8-11-22-38-32(34)25(2)3/h12-19,23-24H,2,4-11,20-22H2,1,3H3. The average molecular weight is 533 g/mol. The number of hydrogen-bond acceptors (Lipinski definition) is 6. The third-order valence-corrected chi connectivity index (χ3v) is 6.24. The summed E-state index contributed by atoms with van der Waals surface area (Å²) >= 11 is 0. The molecular formula is C33H40O6. The number of ether oxygens (including phenoxy) is 4. The van der Waals surface area contributed by atoms with Gasteiger partial charge >= 0.3 is 11.9 Å². The van der Waals surface area contributed by atoms with Gasteiger partial charge in [-0.05, 0) is 98.3 Å². The molecular weight excluding hydrogens is 492 g/mol. The number of carbonyl (C=O) groups is 2. The Balaban J connectivity index is 1.38. The minimum atomic E-state index is -0.416. The maximum Gasteiger partial charge on any atom is 0.343 e. The number of benzene rings is 3. The molecule has 0 spiro atoms. The zero-order valence-corrected chi connectivity index (χ0v) is 23.2. The van der Waals surface area contributed by atoms with Crippen LogP contribution in [0.25, 0.3) is 10.8 Å². The molecule has 0 saturated carbocycles. The van der Waals surface area contributed by atoms with E-state index in [9.17, 15) is 9.59 Å². The van der Waals surface area contributed by atoms with Crippen molar-refractivity contribution < 1.29 is 28.5 Å². The van der Waals surface area contributed by atoms with Gasteiger partial charge in [0.25, 0.3) is 0 Å². The Labute approximate surface area is 231 Å². The minimum Gasteiger partial charge on any atom is -0.494 e. The van der Waals surface area contributed by atoms with E-state index < -0.39 is 5.97 Å². The fourth-order valence-electron chi connectivity index (χ4n) is 3.96. The van der Waals surface area contributed by atoms with Crippen LogP contribution in [0.1, 0.15) is 75.6 Å². The van der Waals surface area contributed by atoms with E-state index >= 15 is 0 Å². The molecule has 0 atom stereocenters. The number of hydrogen-bond donors (Lipinski definition) is 0. The predicted octanol–water partition coefficient (Wildman–Crippen LogP) is 8.08. The van der Waals surface area contributed by atoms with Crippen molar-refractivity contribution in [3.05, 3.63) is 78.4 Å².